The molecule has 7 nitrogen and oxygen atoms in total. The number of nitrogens with one attached hydrogen (secondary N) is 1. The second-order valence-electron chi connectivity index (χ2n) is 9.27. The molecule has 0 spiro atoms. The van der Waals surface area contributed by atoms with Crippen molar-refractivity contribution in [2.24, 2.45) is 0 Å². The Morgan fingerprint density at radius 1 is 1.00 bits per heavy atom. The summed E-state index contributed by atoms with van der Waals surface area (Å²) in [6.07, 6.45) is 4.12. The summed E-state index contributed by atoms with van der Waals surface area (Å²) in [6, 6.07) is 14.6. The number of sulfonamides is 1. The Labute approximate surface area is 203 Å². The number of carbonyl (C=O) groups excluding carboxylic acids is 1. The van der Waals surface area contributed by atoms with Crippen molar-refractivity contribution in [2.75, 3.05) is 32.8 Å². The number of carbonyl (C=O) groups is 1. The number of amides is 1. The summed E-state index contributed by atoms with van der Waals surface area (Å²) in [5.41, 5.74) is 2.57. The quantitative estimate of drug-likeness (QED) is 0.650. The van der Waals surface area contributed by atoms with Crippen molar-refractivity contribution in [1.82, 2.24) is 14.5 Å². The summed E-state index contributed by atoms with van der Waals surface area (Å²) in [6.45, 7) is 6.99. The molecule has 2 aromatic rings. The van der Waals surface area contributed by atoms with Gasteiger partial charge in [0.1, 0.15) is 0 Å². The molecule has 2 heterocycles. The maximum Gasteiger partial charge on any atom is 0.251 e. The third-order valence-corrected chi connectivity index (χ3v) is 8.37. The first kappa shape index (κ1) is 24.9. The van der Waals surface area contributed by atoms with Crippen LogP contribution in [0.4, 0.5) is 0 Å². The van der Waals surface area contributed by atoms with Crippen LogP contribution in [0.5, 0.6) is 0 Å². The van der Waals surface area contributed by atoms with Gasteiger partial charge in [-0.25, -0.2) is 8.42 Å². The van der Waals surface area contributed by atoms with Crippen LogP contribution in [0.3, 0.4) is 0 Å². The standard InChI is InChI=1S/C26H35N3O4S/c1-21-19-28(14-15-33-21)20-23-9-6-8-22(16-23)18-27-26(30)24-10-7-11-25(17-24)34(31,32)29-12-4-2-3-5-13-29/h6-11,16-17,21H,2-5,12-15,18-20H2,1H3,(H,27,30). The SMILES string of the molecule is CC1CN(Cc2cccc(CNC(=O)c3cccc(S(=O)(=O)N4CCCCCC4)c3)c2)CCO1. The molecule has 2 aliphatic heterocycles. The number of hydrogen-bond donors (Lipinski definition) is 1. The third-order valence-electron chi connectivity index (χ3n) is 6.47. The van der Waals surface area contributed by atoms with E-state index in [-0.39, 0.29) is 16.9 Å². The van der Waals surface area contributed by atoms with Crippen LogP contribution >= 0.6 is 0 Å². The fraction of sp³-hybridized carbons (Fsp3) is 0.500. The molecular weight excluding hydrogens is 450 g/mol. The molecule has 0 saturated carbocycles. The van der Waals surface area contributed by atoms with Crippen LogP contribution in [0.2, 0.25) is 0 Å². The van der Waals surface area contributed by atoms with Crippen molar-refractivity contribution in [3.8, 4) is 0 Å². The molecule has 0 radical (unpaired) electrons. The Morgan fingerprint density at radius 2 is 1.74 bits per heavy atom. The number of hydrogen-bond acceptors (Lipinski definition) is 5. The lowest BCUT2D eigenvalue weighted by atomic mass is 10.1. The predicted octanol–water partition coefficient (Wildman–Crippen LogP) is 3.40. The van der Waals surface area contributed by atoms with Gasteiger partial charge in [-0.3, -0.25) is 9.69 Å². The highest BCUT2D eigenvalue weighted by Gasteiger charge is 2.25. The molecule has 0 aliphatic carbocycles. The second-order valence-corrected chi connectivity index (χ2v) is 11.2. The van der Waals surface area contributed by atoms with Crippen molar-refractivity contribution >= 4 is 15.9 Å². The average molecular weight is 486 g/mol. The van der Waals surface area contributed by atoms with Gasteiger partial charge in [0.05, 0.1) is 17.6 Å². The van der Waals surface area contributed by atoms with Crippen LogP contribution in [0, 0.1) is 0 Å². The van der Waals surface area contributed by atoms with Gasteiger partial charge >= 0.3 is 0 Å². The van der Waals surface area contributed by atoms with E-state index in [1.165, 1.54) is 11.6 Å². The minimum absolute atomic E-state index is 0.184. The van der Waals surface area contributed by atoms with Crippen molar-refractivity contribution in [3.05, 3.63) is 65.2 Å². The molecule has 8 heteroatoms. The van der Waals surface area contributed by atoms with Gasteiger partial charge in [0.15, 0.2) is 0 Å². The number of nitrogens with zero attached hydrogens (tertiary/aromatic N) is 2. The van der Waals surface area contributed by atoms with Crippen LogP contribution in [0.1, 0.15) is 54.1 Å². The highest BCUT2D eigenvalue weighted by molar-refractivity contribution is 7.89. The van der Waals surface area contributed by atoms with Crippen LogP contribution in [0.15, 0.2) is 53.4 Å². The molecule has 2 fully saturated rings. The van der Waals surface area contributed by atoms with Gasteiger partial charge in [0.2, 0.25) is 10.0 Å². The van der Waals surface area contributed by atoms with Crippen molar-refractivity contribution in [2.45, 2.75) is 56.7 Å². The minimum atomic E-state index is -3.59. The zero-order valence-electron chi connectivity index (χ0n) is 19.9. The fourth-order valence-electron chi connectivity index (χ4n) is 4.64. The summed E-state index contributed by atoms with van der Waals surface area (Å²) in [5.74, 6) is -0.277. The molecule has 1 amide bonds. The molecule has 1 unspecified atom stereocenters. The summed E-state index contributed by atoms with van der Waals surface area (Å²) in [4.78, 5) is 15.4. The monoisotopic (exact) mass is 485 g/mol. The summed E-state index contributed by atoms with van der Waals surface area (Å²) >= 11 is 0. The van der Waals surface area contributed by atoms with Gasteiger partial charge < -0.3 is 10.1 Å². The van der Waals surface area contributed by atoms with Crippen LogP contribution < -0.4 is 5.32 Å². The van der Waals surface area contributed by atoms with E-state index in [9.17, 15) is 13.2 Å². The molecule has 0 bridgehead atoms. The number of morpholine rings is 1. The Morgan fingerprint density at radius 3 is 2.50 bits per heavy atom. The highest BCUT2D eigenvalue weighted by atomic mass is 32.2. The zero-order valence-corrected chi connectivity index (χ0v) is 20.7. The Balaban J connectivity index is 1.38. The smallest absolute Gasteiger partial charge is 0.251 e. The van der Waals surface area contributed by atoms with Gasteiger partial charge in [-0.1, -0.05) is 43.2 Å². The minimum Gasteiger partial charge on any atom is -0.376 e. The van der Waals surface area contributed by atoms with E-state index in [4.69, 9.17) is 4.74 Å². The Hall–Kier alpha value is -2.26. The zero-order chi connectivity index (χ0) is 24.0. The summed E-state index contributed by atoms with van der Waals surface area (Å²) in [7, 11) is -3.59. The molecule has 1 N–H and O–H groups in total. The van der Waals surface area contributed by atoms with Crippen molar-refractivity contribution in [1.29, 1.82) is 0 Å². The lowest BCUT2D eigenvalue weighted by Crippen LogP contribution is -2.40. The number of ether oxygens (including phenoxy) is 1. The van der Waals surface area contributed by atoms with E-state index < -0.39 is 10.0 Å². The first-order valence-electron chi connectivity index (χ1n) is 12.2. The third kappa shape index (κ3) is 6.44. The molecule has 184 valence electrons. The second kappa shape index (κ2) is 11.4. The fourth-order valence-corrected chi connectivity index (χ4v) is 6.21. The molecule has 2 aliphatic rings. The predicted molar refractivity (Wildman–Crippen MR) is 132 cm³/mol. The Bertz CT molecular complexity index is 1080. The van der Waals surface area contributed by atoms with Crippen LogP contribution in [-0.2, 0) is 27.8 Å². The van der Waals surface area contributed by atoms with E-state index in [2.05, 4.69) is 29.3 Å². The van der Waals surface area contributed by atoms with Gasteiger partial charge in [-0.2, -0.15) is 4.31 Å². The molecular formula is C26H35N3O4S. The van der Waals surface area contributed by atoms with E-state index in [0.717, 1.165) is 57.5 Å². The Kier molecular flexibility index (Phi) is 8.37. The molecule has 2 saturated heterocycles. The molecule has 0 aromatic heterocycles. The average Bonchev–Trinajstić information content (AvgIpc) is 3.13. The van der Waals surface area contributed by atoms with Crippen molar-refractivity contribution in [3.63, 3.8) is 0 Å². The lowest BCUT2D eigenvalue weighted by molar-refractivity contribution is -0.0212. The summed E-state index contributed by atoms with van der Waals surface area (Å²) in [5, 5.41) is 2.94. The number of rotatable bonds is 7. The van der Waals surface area contributed by atoms with E-state index >= 15 is 0 Å². The van der Waals surface area contributed by atoms with Crippen LogP contribution in [0.25, 0.3) is 0 Å². The van der Waals surface area contributed by atoms with Gasteiger partial charge in [0.25, 0.3) is 5.91 Å². The molecule has 2 aromatic carbocycles. The normalized spacial score (nSPS) is 20.6. The first-order chi connectivity index (χ1) is 16.4. The maximum atomic E-state index is 13.1. The van der Waals surface area contributed by atoms with Crippen LogP contribution in [-0.4, -0.2) is 62.4 Å². The van der Waals surface area contributed by atoms with E-state index in [1.807, 2.05) is 12.1 Å². The summed E-state index contributed by atoms with van der Waals surface area (Å²) < 4.78 is 33.4. The van der Waals surface area contributed by atoms with Crippen molar-refractivity contribution < 1.29 is 17.9 Å². The van der Waals surface area contributed by atoms with E-state index in [0.29, 0.717) is 25.2 Å². The number of benzene rings is 2. The van der Waals surface area contributed by atoms with E-state index in [1.54, 1.807) is 22.5 Å². The molecule has 4 rings (SSSR count). The van der Waals surface area contributed by atoms with Gasteiger partial charge in [-0.15, -0.1) is 0 Å². The topological polar surface area (TPSA) is 79.0 Å². The first-order valence-corrected chi connectivity index (χ1v) is 13.7. The van der Waals surface area contributed by atoms with Gasteiger partial charge in [-0.05, 0) is 49.1 Å². The lowest BCUT2D eigenvalue weighted by Gasteiger charge is -2.31. The maximum absolute atomic E-state index is 13.1. The van der Waals surface area contributed by atoms with Gasteiger partial charge in [0, 0.05) is 44.8 Å². The molecule has 34 heavy (non-hydrogen) atoms. The highest BCUT2D eigenvalue weighted by Crippen LogP contribution is 2.21. The molecule has 1 atom stereocenters. The largest absolute Gasteiger partial charge is 0.376 e.